The largest absolute Gasteiger partial charge is 0.330 e. The fourth-order valence-corrected chi connectivity index (χ4v) is 3.67. The van der Waals surface area contributed by atoms with Crippen LogP contribution in [0.3, 0.4) is 0 Å². The van der Waals surface area contributed by atoms with E-state index in [1.807, 2.05) is 7.05 Å². The fraction of sp³-hybridized carbons (Fsp3) is 0.818. The van der Waals surface area contributed by atoms with Gasteiger partial charge in [0.15, 0.2) is 0 Å². The zero-order chi connectivity index (χ0) is 14.6. The van der Waals surface area contributed by atoms with Gasteiger partial charge in [0, 0.05) is 33.1 Å². The van der Waals surface area contributed by atoms with Crippen LogP contribution in [0.1, 0.15) is 18.7 Å². The first kappa shape index (κ1) is 15.4. The topological polar surface area (TPSA) is 106 Å². The highest BCUT2D eigenvalue weighted by atomic mass is 32.2. The van der Waals surface area contributed by atoms with E-state index in [1.54, 1.807) is 10.9 Å². The van der Waals surface area contributed by atoms with Crippen LogP contribution in [0.5, 0.6) is 0 Å². The molecule has 3 N–H and O–H groups in total. The summed E-state index contributed by atoms with van der Waals surface area (Å²) in [6.45, 7) is 1.93. The molecule has 0 aliphatic carbocycles. The number of hydrogen-bond donors (Lipinski definition) is 2. The van der Waals surface area contributed by atoms with Crippen LogP contribution in [0.2, 0.25) is 0 Å². The summed E-state index contributed by atoms with van der Waals surface area (Å²) in [7, 11) is -1.59. The standard InChI is InChI=1S/C11H22N6O2S/c1-16-9-13-15-11(16)4-5-14-20(18,19)17-6-2-3-10(7-12)8-17/h9-10,14H,2-8,12H2,1H3. The van der Waals surface area contributed by atoms with Gasteiger partial charge in [-0.05, 0) is 25.3 Å². The van der Waals surface area contributed by atoms with E-state index in [9.17, 15) is 8.42 Å². The molecule has 1 fully saturated rings. The molecule has 114 valence electrons. The lowest BCUT2D eigenvalue weighted by Crippen LogP contribution is -2.47. The third-order valence-electron chi connectivity index (χ3n) is 3.59. The predicted octanol–water partition coefficient (Wildman–Crippen LogP) is -1.14. The molecule has 1 unspecified atom stereocenters. The van der Waals surface area contributed by atoms with Crippen molar-refractivity contribution in [3.8, 4) is 0 Å². The minimum atomic E-state index is -3.42. The van der Waals surface area contributed by atoms with E-state index in [4.69, 9.17) is 5.73 Å². The third kappa shape index (κ3) is 3.75. The smallest absolute Gasteiger partial charge is 0.279 e. The second-order valence-corrected chi connectivity index (χ2v) is 6.86. The molecule has 8 nitrogen and oxygen atoms in total. The molecule has 1 saturated heterocycles. The highest BCUT2D eigenvalue weighted by Gasteiger charge is 2.27. The van der Waals surface area contributed by atoms with Crippen LogP contribution in [-0.4, -0.2) is 53.7 Å². The van der Waals surface area contributed by atoms with Crippen molar-refractivity contribution >= 4 is 10.2 Å². The summed E-state index contributed by atoms with van der Waals surface area (Å²) in [6, 6.07) is 0. The molecule has 0 saturated carbocycles. The summed E-state index contributed by atoms with van der Waals surface area (Å²) < 4.78 is 30.3. The van der Waals surface area contributed by atoms with E-state index < -0.39 is 10.2 Å². The Morgan fingerprint density at radius 1 is 1.55 bits per heavy atom. The van der Waals surface area contributed by atoms with E-state index in [1.165, 1.54) is 4.31 Å². The van der Waals surface area contributed by atoms with E-state index in [2.05, 4.69) is 14.9 Å². The molecule has 0 spiro atoms. The maximum Gasteiger partial charge on any atom is 0.279 e. The fourth-order valence-electron chi connectivity index (χ4n) is 2.35. The first-order valence-electron chi connectivity index (χ1n) is 6.80. The first-order chi connectivity index (χ1) is 9.53. The van der Waals surface area contributed by atoms with Crippen LogP contribution in [-0.2, 0) is 23.7 Å². The number of nitrogens with one attached hydrogen (secondary N) is 1. The van der Waals surface area contributed by atoms with Crippen LogP contribution in [0.15, 0.2) is 6.33 Å². The normalized spacial score (nSPS) is 21.2. The molecule has 0 radical (unpaired) electrons. The summed E-state index contributed by atoms with van der Waals surface area (Å²) >= 11 is 0. The van der Waals surface area contributed by atoms with Gasteiger partial charge in [0.05, 0.1) is 0 Å². The molecule has 0 bridgehead atoms. The Bertz CT molecular complexity index is 529. The van der Waals surface area contributed by atoms with Crippen molar-refractivity contribution in [3.05, 3.63) is 12.2 Å². The average Bonchev–Trinajstić information content (AvgIpc) is 2.84. The number of rotatable bonds is 6. The van der Waals surface area contributed by atoms with Crippen molar-refractivity contribution in [2.75, 3.05) is 26.2 Å². The van der Waals surface area contributed by atoms with E-state index in [0.717, 1.165) is 18.7 Å². The lowest BCUT2D eigenvalue weighted by Gasteiger charge is -2.31. The lowest BCUT2D eigenvalue weighted by molar-refractivity contribution is 0.269. The number of aryl methyl sites for hydroxylation is 1. The summed E-state index contributed by atoms with van der Waals surface area (Å²) in [4.78, 5) is 0. The highest BCUT2D eigenvalue weighted by Crippen LogP contribution is 2.17. The monoisotopic (exact) mass is 302 g/mol. The minimum Gasteiger partial charge on any atom is -0.330 e. The number of nitrogens with two attached hydrogens (primary N) is 1. The SMILES string of the molecule is Cn1cnnc1CCNS(=O)(=O)N1CCCC(CN)C1. The Balaban J connectivity index is 1.86. The molecule has 2 rings (SSSR count). The zero-order valence-electron chi connectivity index (χ0n) is 11.7. The molecule has 1 aromatic rings. The molecule has 0 aromatic carbocycles. The van der Waals surface area contributed by atoms with Crippen molar-refractivity contribution in [2.45, 2.75) is 19.3 Å². The van der Waals surface area contributed by atoms with Gasteiger partial charge in [0.1, 0.15) is 12.2 Å². The molecule has 1 aromatic heterocycles. The highest BCUT2D eigenvalue weighted by molar-refractivity contribution is 7.87. The van der Waals surface area contributed by atoms with Gasteiger partial charge < -0.3 is 10.3 Å². The van der Waals surface area contributed by atoms with Crippen LogP contribution >= 0.6 is 0 Å². The van der Waals surface area contributed by atoms with Crippen molar-refractivity contribution < 1.29 is 8.42 Å². The second kappa shape index (κ2) is 6.61. The summed E-state index contributed by atoms with van der Waals surface area (Å²) in [5.41, 5.74) is 5.63. The third-order valence-corrected chi connectivity index (χ3v) is 5.17. The Hall–Kier alpha value is -1.03. The lowest BCUT2D eigenvalue weighted by atomic mass is 10.0. The summed E-state index contributed by atoms with van der Waals surface area (Å²) in [5.74, 6) is 1.02. The Kier molecular flexibility index (Phi) is 5.08. The van der Waals surface area contributed by atoms with Crippen LogP contribution < -0.4 is 10.5 Å². The summed E-state index contributed by atoms with van der Waals surface area (Å²) in [6.07, 6.45) is 3.98. The Morgan fingerprint density at radius 2 is 2.35 bits per heavy atom. The minimum absolute atomic E-state index is 0.263. The number of aromatic nitrogens is 3. The van der Waals surface area contributed by atoms with E-state index in [0.29, 0.717) is 32.6 Å². The Morgan fingerprint density at radius 3 is 3.00 bits per heavy atom. The van der Waals surface area contributed by atoms with Crippen molar-refractivity contribution in [1.29, 1.82) is 0 Å². The van der Waals surface area contributed by atoms with Gasteiger partial charge in [-0.25, -0.2) is 4.72 Å². The van der Waals surface area contributed by atoms with Gasteiger partial charge in [0.2, 0.25) is 0 Å². The van der Waals surface area contributed by atoms with E-state index in [-0.39, 0.29) is 5.92 Å². The first-order valence-corrected chi connectivity index (χ1v) is 8.24. The van der Waals surface area contributed by atoms with Gasteiger partial charge in [-0.3, -0.25) is 0 Å². The molecular formula is C11H22N6O2S. The molecule has 1 aliphatic heterocycles. The van der Waals surface area contributed by atoms with Crippen LogP contribution in [0, 0.1) is 5.92 Å². The maximum atomic E-state index is 12.2. The van der Waals surface area contributed by atoms with Crippen LogP contribution in [0.25, 0.3) is 0 Å². The maximum absolute atomic E-state index is 12.2. The van der Waals surface area contributed by atoms with Crippen molar-refractivity contribution in [3.63, 3.8) is 0 Å². The number of hydrogen-bond acceptors (Lipinski definition) is 5. The second-order valence-electron chi connectivity index (χ2n) is 5.11. The van der Waals surface area contributed by atoms with Crippen molar-refractivity contribution in [1.82, 2.24) is 23.8 Å². The molecule has 0 amide bonds. The molecule has 1 atom stereocenters. The van der Waals surface area contributed by atoms with Gasteiger partial charge in [0.25, 0.3) is 10.2 Å². The van der Waals surface area contributed by atoms with Gasteiger partial charge >= 0.3 is 0 Å². The quantitative estimate of drug-likeness (QED) is 0.691. The van der Waals surface area contributed by atoms with Gasteiger partial charge in [-0.2, -0.15) is 12.7 Å². The molecule has 1 aliphatic rings. The number of nitrogens with zero attached hydrogens (tertiary/aromatic N) is 4. The van der Waals surface area contributed by atoms with Gasteiger partial charge in [-0.15, -0.1) is 10.2 Å². The molecule has 2 heterocycles. The molecule has 20 heavy (non-hydrogen) atoms. The summed E-state index contributed by atoms with van der Waals surface area (Å²) in [5, 5.41) is 7.68. The van der Waals surface area contributed by atoms with Crippen molar-refractivity contribution in [2.24, 2.45) is 18.7 Å². The van der Waals surface area contributed by atoms with E-state index >= 15 is 0 Å². The van der Waals surface area contributed by atoms with Crippen LogP contribution in [0.4, 0.5) is 0 Å². The number of piperidine rings is 1. The molecule has 9 heteroatoms. The predicted molar refractivity (Wildman–Crippen MR) is 75.0 cm³/mol. The molecular weight excluding hydrogens is 280 g/mol. The zero-order valence-corrected chi connectivity index (χ0v) is 12.5. The Labute approximate surface area is 119 Å². The average molecular weight is 302 g/mol. The van der Waals surface area contributed by atoms with Gasteiger partial charge in [-0.1, -0.05) is 0 Å².